The summed E-state index contributed by atoms with van der Waals surface area (Å²) >= 11 is 1.32. The number of nitrogen functional groups attached to an aromatic ring is 1. The second kappa shape index (κ2) is 4.96. The summed E-state index contributed by atoms with van der Waals surface area (Å²) in [6, 6.07) is 5.64. The smallest absolute Gasteiger partial charge is 0.294 e. The average Bonchev–Trinajstić information content (AvgIpc) is 2.36. The lowest BCUT2D eigenvalue weighted by Gasteiger charge is -2.05. The van der Waals surface area contributed by atoms with Crippen molar-refractivity contribution in [3.05, 3.63) is 46.1 Å². The van der Waals surface area contributed by atoms with Crippen LogP contribution in [0.4, 0.5) is 0 Å². The number of hydrogen-bond acceptors (Lipinski definition) is 6. The maximum atomic E-state index is 11.5. The van der Waals surface area contributed by atoms with Crippen molar-refractivity contribution >= 4 is 11.8 Å². The highest BCUT2D eigenvalue weighted by Crippen LogP contribution is 2.16. The van der Waals surface area contributed by atoms with Crippen LogP contribution in [-0.2, 0) is 5.75 Å². The largest absolute Gasteiger partial charge is 0.334 e. The Morgan fingerprint density at radius 1 is 1.41 bits per heavy atom. The van der Waals surface area contributed by atoms with Crippen molar-refractivity contribution in [2.24, 2.45) is 0 Å². The second-order valence-electron chi connectivity index (χ2n) is 3.35. The minimum absolute atomic E-state index is 0.287. The summed E-state index contributed by atoms with van der Waals surface area (Å²) in [4.78, 5) is 15.7. The molecule has 88 valence electrons. The van der Waals surface area contributed by atoms with Gasteiger partial charge in [-0.15, -0.1) is 10.2 Å². The predicted octanol–water partition coefficient (Wildman–Crippen LogP) is 0.348. The van der Waals surface area contributed by atoms with E-state index in [0.717, 1.165) is 10.4 Å². The summed E-state index contributed by atoms with van der Waals surface area (Å²) in [5.74, 6) is 6.20. The Hall–Kier alpha value is -1.89. The molecule has 0 saturated heterocycles. The van der Waals surface area contributed by atoms with Gasteiger partial charge in [-0.05, 0) is 19.1 Å². The summed E-state index contributed by atoms with van der Waals surface area (Å²) in [6.07, 6.45) is 1.71. The molecule has 0 bridgehead atoms. The zero-order chi connectivity index (χ0) is 12.3. The molecule has 0 aliphatic carbocycles. The van der Waals surface area contributed by atoms with Crippen LogP contribution >= 0.6 is 11.8 Å². The van der Waals surface area contributed by atoms with Crippen molar-refractivity contribution < 1.29 is 0 Å². The molecule has 2 aromatic heterocycles. The fraction of sp³-hybridized carbons (Fsp3) is 0.200. The second-order valence-corrected chi connectivity index (χ2v) is 4.30. The zero-order valence-corrected chi connectivity index (χ0v) is 10.0. The first-order chi connectivity index (χ1) is 8.18. The van der Waals surface area contributed by atoms with Crippen LogP contribution in [0, 0.1) is 6.92 Å². The van der Waals surface area contributed by atoms with Crippen molar-refractivity contribution in [3.63, 3.8) is 0 Å². The van der Waals surface area contributed by atoms with Gasteiger partial charge in [0.15, 0.2) is 0 Å². The van der Waals surface area contributed by atoms with Crippen LogP contribution < -0.4 is 11.4 Å². The summed E-state index contributed by atoms with van der Waals surface area (Å²) < 4.78 is 1.01. The van der Waals surface area contributed by atoms with Gasteiger partial charge in [0.2, 0.25) is 5.16 Å². The van der Waals surface area contributed by atoms with Gasteiger partial charge in [0, 0.05) is 11.9 Å². The van der Waals surface area contributed by atoms with Crippen LogP contribution in [-0.4, -0.2) is 19.9 Å². The number of pyridine rings is 1. The van der Waals surface area contributed by atoms with E-state index in [2.05, 4.69) is 15.2 Å². The zero-order valence-electron chi connectivity index (χ0n) is 9.20. The summed E-state index contributed by atoms with van der Waals surface area (Å²) in [5, 5.41) is 8.00. The van der Waals surface area contributed by atoms with E-state index in [1.165, 1.54) is 11.8 Å². The maximum Gasteiger partial charge on any atom is 0.294 e. The first kappa shape index (κ1) is 11.6. The van der Waals surface area contributed by atoms with Crippen LogP contribution in [0.3, 0.4) is 0 Å². The van der Waals surface area contributed by atoms with Gasteiger partial charge in [0.25, 0.3) is 5.56 Å². The van der Waals surface area contributed by atoms with Gasteiger partial charge in [-0.25, -0.2) is 0 Å². The first-order valence-corrected chi connectivity index (χ1v) is 5.91. The number of aromatic nitrogens is 4. The molecule has 2 N–H and O–H groups in total. The quantitative estimate of drug-likeness (QED) is 0.624. The fourth-order valence-electron chi connectivity index (χ4n) is 1.19. The van der Waals surface area contributed by atoms with Gasteiger partial charge >= 0.3 is 0 Å². The number of aryl methyl sites for hydroxylation is 1. The van der Waals surface area contributed by atoms with Crippen molar-refractivity contribution in [1.29, 1.82) is 0 Å². The molecule has 0 aliphatic rings. The monoisotopic (exact) mass is 249 g/mol. The molecule has 0 spiro atoms. The third-order valence-corrected chi connectivity index (χ3v) is 3.07. The number of hydrogen-bond donors (Lipinski definition) is 1. The van der Waals surface area contributed by atoms with Crippen molar-refractivity contribution in [3.8, 4) is 0 Å². The number of nitrogens with zero attached hydrogens (tertiary/aromatic N) is 4. The molecule has 17 heavy (non-hydrogen) atoms. The van der Waals surface area contributed by atoms with E-state index in [0.29, 0.717) is 10.9 Å². The molecule has 0 aliphatic heterocycles. The van der Waals surface area contributed by atoms with E-state index >= 15 is 0 Å². The number of rotatable bonds is 3. The molecule has 0 aromatic carbocycles. The summed E-state index contributed by atoms with van der Waals surface area (Å²) in [6.45, 7) is 1.58. The Balaban J connectivity index is 2.15. The molecular formula is C10H11N5OS. The van der Waals surface area contributed by atoms with E-state index in [1.54, 1.807) is 13.1 Å². The van der Waals surface area contributed by atoms with Gasteiger partial charge in [-0.2, -0.15) is 4.68 Å². The van der Waals surface area contributed by atoms with Gasteiger partial charge in [-0.1, -0.05) is 17.8 Å². The van der Waals surface area contributed by atoms with Gasteiger partial charge < -0.3 is 5.84 Å². The Morgan fingerprint density at radius 3 is 2.94 bits per heavy atom. The van der Waals surface area contributed by atoms with E-state index in [4.69, 9.17) is 5.84 Å². The van der Waals surface area contributed by atoms with Crippen LogP contribution in [0.25, 0.3) is 0 Å². The fourth-order valence-corrected chi connectivity index (χ4v) is 1.96. The normalized spacial score (nSPS) is 10.4. The molecule has 0 saturated carbocycles. The third kappa shape index (κ3) is 2.62. The van der Waals surface area contributed by atoms with Gasteiger partial charge in [0.05, 0.1) is 5.69 Å². The van der Waals surface area contributed by atoms with E-state index < -0.39 is 0 Å². The van der Waals surface area contributed by atoms with Crippen LogP contribution in [0.2, 0.25) is 0 Å². The Labute approximate surface area is 102 Å². The van der Waals surface area contributed by atoms with E-state index in [9.17, 15) is 4.79 Å². The Morgan fingerprint density at radius 2 is 2.24 bits per heavy atom. The minimum Gasteiger partial charge on any atom is -0.334 e. The molecule has 2 heterocycles. The SMILES string of the molecule is Cc1nnc(SCc2ccccn2)n(N)c1=O. The van der Waals surface area contributed by atoms with Crippen molar-refractivity contribution in [2.45, 2.75) is 17.8 Å². The van der Waals surface area contributed by atoms with E-state index in [-0.39, 0.29) is 11.3 Å². The molecule has 2 aromatic rings. The Kier molecular flexibility index (Phi) is 3.38. The highest BCUT2D eigenvalue weighted by atomic mass is 32.2. The lowest BCUT2D eigenvalue weighted by molar-refractivity contribution is 0.681. The lowest BCUT2D eigenvalue weighted by Crippen LogP contribution is -2.32. The molecule has 7 heteroatoms. The lowest BCUT2D eigenvalue weighted by atomic mass is 10.4. The van der Waals surface area contributed by atoms with Crippen LogP contribution in [0.1, 0.15) is 11.4 Å². The average molecular weight is 249 g/mol. The maximum absolute atomic E-state index is 11.5. The van der Waals surface area contributed by atoms with Crippen molar-refractivity contribution in [1.82, 2.24) is 19.9 Å². The van der Waals surface area contributed by atoms with Crippen molar-refractivity contribution in [2.75, 3.05) is 5.84 Å². The molecule has 0 radical (unpaired) electrons. The number of thioether (sulfide) groups is 1. The topological polar surface area (TPSA) is 86.7 Å². The van der Waals surface area contributed by atoms with Crippen LogP contribution in [0.5, 0.6) is 0 Å². The molecule has 0 amide bonds. The molecular weight excluding hydrogens is 238 g/mol. The molecule has 0 fully saturated rings. The molecule has 0 unspecified atom stereocenters. The highest BCUT2D eigenvalue weighted by molar-refractivity contribution is 7.98. The molecule has 2 rings (SSSR count). The molecule has 0 atom stereocenters. The summed E-state index contributed by atoms with van der Waals surface area (Å²) in [7, 11) is 0. The first-order valence-electron chi connectivity index (χ1n) is 4.92. The van der Waals surface area contributed by atoms with Gasteiger partial charge in [-0.3, -0.25) is 9.78 Å². The van der Waals surface area contributed by atoms with E-state index in [1.807, 2.05) is 18.2 Å². The van der Waals surface area contributed by atoms with Gasteiger partial charge in [0.1, 0.15) is 5.69 Å². The number of nitrogens with two attached hydrogens (primary N) is 1. The minimum atomic E-state index is -0.330. The van der Waals surface area contributed by atoms with Crippen LogP contribution in [0.15, 0.2) is 34.3 Å². The Bertz CT molecular complexity index is 569. The standard InChI is InChI=1S/C10H11N5OS/c1-7-9(16)15(11)10(14-13-7)17-6-8-4-2-3-5-12-8/h2-5H,6,11H2,1H3. The highest BCUT2D eigenvalue weighted by Gasteiger charge is 2.07. The summed E-state index contributed by atoms with van der Waals surface area (Å²) in [5.41, 5.74) is 0.852. The molecule has 6 nitrogen and oxygen atoms in total. The third-order valence-electron chi connectivity index (χ3n) is 2.10. The predicted molar refractivity (Wildman–Crippen MR) is 65.0 cm³/mol.